The number of nitrogens with zero attached hydrogens (tertiary/aromatic N) is 1. The molecule has 9 heteroatoms. The molecular weight excluding hydrogens is 340 g/mol. The second kappa shape index (κ2) is 7.42. The summed E-state index contributed by atoms with van der Waals surface area (Å²) in [6.45, 7) is -0.562. The van der Waals surface area contributed by atoms with Gasteiger partial charge in [-0.3, -0.25) is 14.9 Å². The summed E-state index contributed by atoms with van der Waals surface area (Å²) in [5.74, 6) is -1.39. The normalized spacial score (nSPS) is 10.0. The number of hydrogen-bond acceptors (Lipinski definition) is 6. The summed E-state index contributed by atoms with van der Waals surface area (Å²) >= 11 is 5.84. The maximum atomic E-state index is 11.8. The van der Waals surface area contributed by atoms with Crippen molar-refractivity contribution in [1.82, 2.24) is 0 Å². The van der Waals surface area contributed by atoms with E-state index in [0.29, 0.717) is 0 Å². The van der Waals surface area contributed by atoms with Crippen molar-refractivity contribution in [2.45, 2.75) is 0 Å². The maximum Gasteiger partial charge on any atom is 0.338 e. The van der Waals surface area contributed by atoms with E-state index in [1.807, 2.05) is 0 Å². The minimum absolute atomic E-state index is 0.00268. The van der Waals surface area contributed by atoms with Crippen LogP contribution in [0.3, 0.4) is 0 Å². The Kier molecular flexibility index (Phi) is 5.33. The lowest BCUT2D eigenvalue weighted by molar-refractivity contribution is -0.384. The Morgan fingerprint density at radius 1 is 1.21 bits per heavy atom. The van der Waals surface area contributed by atoms with Crippen molar-refractivity contribution in [3.8, 4) is 5.75 Å². The Morgan fingerprint density at radius 2 is 1.88 bits per heavy atom. The Labute approximate surface area is 140 Å². The molecule has 0 atom stereocenters. The van der Waals surface area contributed by atoms with Crippen molar-refractivity contribution in [2.75, 3.05) is 11.9 Å². The number of carbonyl (C=O) groups is 2. The number of rotatable bonds is 5. The van der Waals surface area contributed by atoms with E-state index in [1.54, 1.807) is 0 Å². The van der Waals surface area contributed by atoms with Crippen molar-refractivity contribution in [3.63, 3.8) is 0 Å². The van der Waals surface area contributed by atoms with E-state index in [-0.39, 0.29) is 27.7 Å². The molecule has 2 aromatic rings. The van der Waals surface area contributed by atoms with Gasteiger partial charge in [-0.2, -0.15) is 0 Å². The molecule has 0 bridgehead atoms. The van der Waals surface area contributed by atoms with E-state index in [9.17, 15) is 19.7 Å². The Balaban J connectivity index is 1.92. The highest BCUT2D eigenvalue weighted by Crippen LogP contribution is 2.26. The van der Waals surface area contributed by atoms with E-state index in [0.717, 1.165) is 6.07 Å². The van der Waals surface area contributed by atoms with Crippen LogP contribution in [-0.4, -0.2) is 28.5 Å². The molecule has 2 N–H and O–H groups in total. The SMILES string of the molecule is O=C(COC(=O)c1ccc(O)cc1)Nc1ccc([N+](=O)[O-])cc1Cl. The third kappa shape index (κ3) is 4.43. The van der Waals surface area contributed by atoms with Gasteiger partial charge in [0.05, 0.1) is 21.2 Å². The quantitative estimate of drug-likeness (QED) is 0.486. The fourth-order valence-electron chi connectivity index (χ4n) is 1.72. The molecule has 0 aromatic heterocycles. The summed E-state index contributed by atoms with van der Waals surface area (Å²) in [6, 6.07) is 8.88. The topological polar surface area (TPSA) is 119 Å². The highest BCUT2D eigenvalue weighted by atomic mass is 35.5. The lowest BCUT2D eigenvalue weighted by Gasteiger charge is -2.08. The lowest BCUT2D eigenvalue weighted by atomic mass is 10.2. The fraction of sp³-hybridized carbons (Fsp3) is 0.0667. The first-order chi connectivity index (χ1) is 11.4. The molecule has 24 heavy (non-hydrogen) atoms. The molecule has 0 spiro atoms. The van der Waals surface area contributed by atoms with E-state index in [2.05, 4.69) is 5.32 Å². The van der Waals surface area contributed by atoms with Crippen LogP contribution < -0.4 is 5.32 Å². The summed E-state index contributed by atoms with van der Waals surface area (Å²) < 4.78 is 4.82. The third-order valence-corrected chi connectivity index (χ3v) is 3.19. The average Bonchev–Trinajstić information content (AvgIpc) is 2.55. The van der Waals surface area contributed by atoms with Gasteiger partial charge in [-0.1, -0.05) is 11.6 Å². The molecule has 0 aliphatic heterocycles. The summed E-state index contributed by atoms with van der Waals surface area (Å²) in [7, 11) is 0. The molecule has 2 aromatic carbocycles. The molecule has 0 saturated carbocycles. The van der Waals surface area contributed by atoms with Gasteiger partial charge in [-0.25, -0.2) is 4.79 Å². The van der Waals surface area contributed by atoms with Crippen molar-refractivity contribution < 1.29 is 24.4 Å². The van der Waals surface area contributed by atoms with Crippen molar-refractivity contribution >= 4 is 34.9 Å². The Morgan fingerprint density at radius 3 is 2.46 bits per heavy atom. The van der Waals surface area contributed by atoms with Gasteiger partial charge in [0.1, 0.15) is 5.75 Å². The van der Waals surface area contributed by atoms with Gasteiger partial charge in [0.15, 0.2) is 6.61 Å². The zero-order chi connectivity index (χ0) is 17.7. The van der Waals surface area contributed by atoms with Crippen LogP contribution in [0.15, 0.2) is 42.5 Å². The average molecular weight is 351 g/mol. The monoisotopic (exact) mass is 350 g/mol. The number of esters is 1. The first-order valence-electron chi connectivity index (χ1n) is 6.57. The smallest absolute Gasteiger partial charge is 0.338 e. The summed E-state index contributed by atoms with van der Waals surface area (Å²) in [5.41, 5.74) is 0.124. The molecule has 8 nitrogen and oxygen atoms in total. The van der Waals surface area contributed by atoms with Gasteiger partial charge >= 0.3 is 5.97 Å². The number of anilines is 1. The van der Waals surface area contributed by atoms with Gasteiger partial charge in [0.25, 0.3) is 11.6 Å². The minimum atomic E-state index is -0.736. The number of phenols is 1. The van der Waals surface area contributed by atoms with Crippen molar-refractivity contribution in [2.24, 2.45) is 0 Å². The number of carbonyl (C=O) groups excluding carboxylic acids is 2. The number of aromatic hydroxyl groups is 1. The second-order valence-electron chi connectivity index (χ2n) is 4.59. The van der Waals surface area contributed by atoms with Crippen LogP contribution in [0.1, 0.15) is 10.4 Å². The molecule has 0 aliphatic carbocycles. The number of halogens is 1. The number of nitro groups is 1. The molecular formula is C15H11ClN2O6. The van der Waals surface area contributed by atoms with Crippen LogP contribution in [0.4, 0.5) is 11.4 Å². The highest BCUT2D eigenvalue weighted by molar-refractivity contribution is 6.34. The summed E-state index contributed by atoms with van der Waals surface area (Å²) in [4.78, 5) is 33.5. The molecule has 0 fully saturated rings. The number of nitro benzene ring substituents is 1. The Hall–Kier alpha value is -3.13. The third-order valence-electron chi connectivity index (χ3n) is 2.87. The zero-order valence-corrected chi connectivity index (χ0v) is 12.8. The fourth-order valence-corrected chi connectivity index (χ4v) is 1.94. The summed E-state index contributed by atoms with van der Waals surface area (Å²) in [6.07, 6.45) is 0. The molecule has 0 heterocycles. The first-order valence-corrected chi connectivity index (χ1v) is 6.94. The van der Waals surface area contributed by atoms with Crippen LogP contribution in [0.2, 0.25) is 5.02 Å². The minimum Gasteiger partial charge on any atom is -0.508 e. The van der Waals surface area contributed by atoms with Crippen LogP contribution in [-0.2, 0) is 9.53 Å². The Bertz CT molecular complexity index is 791. The first kappa shape index (κ1) is 17.2. The molecule has 1 amide bonds. The number of hydrogen-bond donors (Lipinski definition) is 2. The number of non-ortho nitro benzene ring substituents is 1. The second-order valence-corrected chi connectivity index (χ2v) is 5.00. The largest absolute Gasteiger partial charge is 0.508 e. The zero-order valence-electron chi connectivity index (χ0n) is 12.1. The van der Waals surface area contributed by atoms with E-state index in [1.165, 1.54) is 36.4 Å². The number of phenolic OH excluding ortho intramolecular Hbond substituents is 1. The van der Waals surface area contributed by atoms with Crippen LogP contribution >= 0.6 is 11.6 Å². The lowest BCUT2D eigenvalue weighted by Crippen LogP contribution is -2.21. The molecule has 0 aliphatic rings. The highest BCUT2D eigenvalue weighted by Gasteiger charge is 2.13. The predicted molar refractivity (Wildman–Crippen MR) is 85.1 cm³/mol. The predicted octanol–water partition coefficient (Wildman–Crippen LogP) is 2.75. The maximum absolute atomic E-state index is 11.8. The number of ether oxygens (including phenoxy) is 1. The number of amides is 1. The van der Waals surface area contributed by atoms with Crippen molar-refractivity contribution in [1.29, 1.82) is 0 Å². The van der Waals surface area contributed by atoms with Gasteiger partial charge in [-0.15, -0.1) is 0 Å². The molecule has 0 radical (unpaired) electrons. The molecule has 0 saturated heterocycles. The van der Waals surface area contributed by atoms with Crippen LogP contribution in [0, 0.1) is 10.1 Å². The standard InChI is InChI=1S/C15H11ClN2O6/c16-12-7-10(18(22)23)3-6-13(12)17-14(20)8-24-15(21)9-1-4-11(19)5-2-9/h1-7,19H,8H2,(H,17,20). The van der Waals surface area contributed by atoms with E-state index >= 15 is 0 Å². The number of nitrogens with one attached hydrogen (secondary N) is 1. The molecule has 2 rings (SSSR count). The van der Waals surface area contributed by atoms with Gasteiger partial charge in [0.2, 0.25) is 0 Å². The van der Waals surface area contributed by atoms with E-state index in [4.69, 9.17) is 21.4 Å². The molecule has 124 valence electrons. The number of benzene rings is 2. The summed E-state index contributed by atoms with van der Waals surface area (Å²) in [5, 5.41) is 22.1. The van der Waals surface area contributed by atoms with Crippen molar-refractivity contribution in [3.05, 3.63) is 63.2 Å². The van der Waals surface area contributed by atoms with E-state index < -0.39 is 23.4 Å². The van der Waals surface area contributed by atoms with Crippen LogP contribution in [0.5, 0.6) is 5.75 Å². The van der Waals surface area contributed by atoms with Gasteiger partial charge < -0.3 is 15.2 Å². The van der Waals surface area contributed by atoms with Gasteiger partial charge in [0, 0.05) is 12.1 Å². The van der Waals surface area contributed by atoms with Gasteiger partial charge in [-0.05, 0) is 30.3 Å². The van der Waals surface area contributed by atoms with Crippen LogP contribution in [0.25, 0.3) is 0 Å². The molecule has 0 unspecified atom stereocenters.